The molecule has 1 aliphatic rings. The van der Waals surface area contributed by atoms with Crippen molar-refractivity contribution < 1.29 is 0 Å². The van der Waals surface area contributed by atoms with Gasteiger partial charge in [0.25, 0.3) is 0 Å². The van der Waals surface area contributed by atoms with E-state index in [1.165, 1.54) is 18.4 Å². The fourth-order valence-corrected chi connectivity index (χ4v) is 1.74. The number of nitriles is 1. The number of benzene rings is 1. The van der Waals surface area contributed by atoms with Crippen LogP contribution in [0.4, 0.5) is 0 Å². The van der Waals surface area contributed by atoms with Crippen molar-refractivity contribution in [3.05, 3.63) is 54.5 Å². The highest BCUT2D eigenvalue weighted by Gasteiger charge is 2.24. The maximum atomic E-state index is 8.95. The number of allylic oxidation sites excluding steroid dienone is 1. The smallest absolute Gasteiger partial charge is 0.0991 e. The fourth-order valence-electron chi connectivity index (χ4n) is 1.74. The molecule has 0 amide bonds. The van der Waals surface area contributed by atoms with Gasteiger partial charge in [-0.3, -0.25) is 0 Å². The molecule has 0 spiro atoms. The zero-order chi connectivity index (χ0) is 10.8. The predicted octanol–water partition coefficient (Wildman–Crippen LogP) is 3.54. The first-order valence-corrected chi connectivity index (χ1v) is 5.25. The molecule has 2 rings (SSSR count). The average molecular weight is 196 g/mol. The molecule has 1 nitrogen and oxygen atoms in total. The van der Waals surface area contributed by atoms with Gasteiger partial charge in [-0.25, -0.2) is 0 Å². The van der Waals surface area contributed by atoms with Crippen LogP contribution in [0, 0.1) is 18.3 Å². The van der Waals surface area contributed by atoms with Crippen LogP contribution in [0.25, 0.3) is 0 Å². The Morgan fingerprint density at radius 2 is 2.13 bits per heavy atom. The average Bonchev–Trinajstić information content (AvgIpc) is 3.11. The van der Waals surface area contributed by atoms with Crippen molar-refractivity contribution in [2.24, 2.45) is 0 Å². The normalized spacial score (nSPS) is 16.8. The zero-order valence-corrected chi connectivity index (χ0v) is 8.74. The van der Waals surface area contributed by atoms with E-state index in [1.807, 2.05) is 18.2 Å². The third kappa shape index (κ3) is 2.10. The maximum absolute atomic E-state index is 8.95. The lowest BCUT2D eigenvalue weighted by Crippen LogP contribution is -1.93. The van der Waals surface area contributed by atoms with Crippen LogP contribution in [0.5, 0.6) is 0 Å². The summed E-state index contributed by atoms with van der Waals surface area (Å²) in [7, 11) is 0. The summed E-state index contributed by atoms with van der Waals surface area (Å²) in [6.45, 7) is 7.73. The Hall–Kier alpha value is -1.55. The SMILES string of the molecule is [CH2]C(C=C)c1cc(C#N)cc(C2CC2)c1. The van der Waals surface area contributed by atoms with Crippen molar-refractivity contribution in [2.45, 2.75) is 24.7 Å². The quantitative estimate of drug-likeness (QED) is 0.678. The molecule has 1 aromatic carbocycles. The van der Waals surface area contributed by atoms with E-state index in [0.29, 0.717) is 5.92 Å². The molecule has 15 heavy (non-hydrogen) atoms. The van der Waals surface area contributed by atoms with E-state index in [0.717, 1.165) is 11.1 Å². The van der Waals surface area contributed by atoms with Gasteiger partial charge in [0.1, 0.15) is 0 Å². The molecule has 0 N–H and O–H groups in total. The Balaban J connectivity index is 2.41. The van der Waals surface area contributed by atoms with Gasteiger partial charge < -0.3 is 0 Å². The molecule has 1 saturated carbocycles. The largest absolute Gasteiger partial charge is 0.192 e. The Bertz CT molecular complexity index is 421. The van der Waals surface area contributed by atoms with Crippen molar-refractivity contribution in [3.8, 4) is 6.07 Å². The molecule has 1 heteroatoms. The van der Waals surface area contributed by atoms with Crippen LogP contribution < -0.4 is 0 Å². The van der Waals surface area contributed by atoms with Crippen LogP contribution in [-0.2, 0) is 0 Å². The fraction of sp³-hybridized carbons (Fsp3) is 0.286. The summed E-state index contributed by atoms with van der Waals surface area (Å²) in [6.07, 6.45) is 4.32. The lowest BCUT2D eigenvalue weighted by Gasteiger charge is -2.09. The van der Waals surface area contributed by atoms with Crippen LogP contribution in [-0.4, -0.2) is 0 Å². The Kier molecular flexibility index (Phi) is 2.60. The Morgan fingerprint density at radius 1 is 1.40 bits per heavy atom. The zero-order valence-electron chi connectivity index (χ0n) is 8.74. The third-order valence-electron chi connectivity index (χ3n) is 2.87. The van der Waals surface area contributed by atoms with Crippen molar-refractivity contribution in [1.82, 2.24) is 0 Å². The monoisotopic (exact) mass is 196 g/mol. The lowest BCUT2D eigenvalue weighted by molar-refractivity contribution is 1.05. The van der Waals surface area contributed by atoms with Gasteiger partial charge in [-0.05, 0) is 48.9 Å². The van der Waals surface area contributed by atoms with Crippen molar-refractivity contribution >= 4 is 0 Å². The highest BCUT2D eigenvalue weighted by molar-refractivity contribution is 5.42. The van der Waals surface area contributed by atoms with Crippen molar-refractivity contribution in [2.75, 3.05) is 0 Å². The second kappa shape index (κ2) is 3.90. The van der Waals surface area contributed by atoms with Gasteiger partial charge in [0, 0.05) is 5.92 Å². The van der Waals surface area contributed by atoms with Gasteiger partial charge in [-0.1, -0.05) is 12.1 Å². The van der Waals surface area contributed by atoms with Gasteiger partial charge in [0.2, 0.25) is 0 Å². The predicted molar refractivity (Wildman–Crippen MR) is 61.4 cm³/mol. The number of hydrogen-bond acceptors (Lipinski definition) is 1. The van der Waals surface area contributed by atoms with Crippen LogP contribution in [0.15, 0.2) is 30.9 Å². The van der Waals surface area contributed by atoms with E-state index in [1.54, 1.807) is 0 Å². The molecule has 1 aliphatic carbocycles. The van der Waals surface area contributed by atoms with Gasteiger partial charge in [0.05, 0.1) is 11.6 Å². The topological polar surface area (TPSA) is 23.8 Å². The van der Waals surface area contributed by atoms with Crippen LogP contribution in [0.1, 0.15) is 41.4 Å². The highest BCUT2D eigenvalue weighted by Crippen LogP contribution is 2.41. The molecule has 1 unspecified atom stereocenters. The van der Waals surface area contributed by atoms with Crippen molar-refractivity contribution in [3.63, 3.8) is 0 Å². The number of nitrogens with zero attached hydrogens (tertiary/aromatic N) is 1. The van der Waals surface area contributed by atoms with Gasteiger partial charge in [-0.2, -0.15) is 5.26 Å². The summed E-state index contributed by atoms with van der Waals surface area (Å²) in [6, 6.07) is 8.28. The van der Waals surface area contributed by atoms with Crippen molar-refractivity contribution in [1.29, 1.82) is 5.26 Å². The first kappa shape index (κ1) is 9.98. The first-order chi connectivity index (χ1) is 7.24. The Labute approximate surface area is 91.0 Å². The standard InChI is InChI=1S/C14H14N/c1-3-10(2)13-6-11(9-15)7-14(8-13)12-4-5-12/h3,6-8,10,12H,1-2,4-5H2. The maximum Gasteiger partial charge on any atom is 0.0991 e. The highest BCUT2D eigenvalue weighted by atomic mass is 14.3. The minimum Gasteiger partial charge on any atom is -0.192 e. The molecule has 1 atom stereocenters. The van der Waals surface area contributed by atoms with Crippen LogP contribution in [0.2, 0.25) is 0 Å². The van der Waals surface area contributed by atoms with E-state index < -0.39 is 0 Å². The Morgan fingerprint density at radius 3 is 2.67 bits per heavy atom. The minimum atomic E-state index is 0.0794. The summed E-state index contributed by atoms with van der Waals surface area (Å²) in [4.78, 5) is 0. The van der Waals surface area contributed by atoms with E-state index in [9.17, 15) is 0 Å². The molecule has 0 saturated heterocycles. The molecule has 0 aliphatic heterocycles. The lowest BCUT2D eigenvalue weighted by atomic mass is 9.95. The number of rotatable bonds is 3. The van der Waals surface area contributed by atoms with E-state index in [4.69, 9.17) is 5.26 Å². The number of hydrogen-bond donors (Lipinski definition) is 0. The molecule has 0 bridgehead atoms. The molecule has 1 radical (unpaired) electrons. The summed E-state index contributed by atoms with van der Waals surface area (Å²) in [5, 5.41) is 8.95. The van der Waals surface area contributed by atoms with E-state index >= 15 is 0 Å². The summed E-state index contributed by atoms with van der Waals surface area (Å²) < 4.78 is 0. The molecule has 0 aromatic heterocycles. The molecule has 75 valence electrons. The van der Waals surface area contributed by atoms with Gasteiger partial charge >= 0.3 is 0 Å². The second-order valence-electron chi connectivity index (χ2n) is 4.12. The third-order valence-corrected chi connectivity index (χ3v) is 2.87. The minimum absolute atomic E-state index is 0.0794. The van der Waals surface area contributed by atoms with Crippen LogP contribution in [0.3, 0.4) is 0 Å². The van der Waals surface area contributed by atoms with Gasteiger partial charge in [0.15, 0.2) is 0 Å². The molecule has 1 aromatic rings. The summed E-state index contributed by atoms with van der Waals surface area (Å²) >= 11 is 0. The molecule has 1 fully saturated rings. The molecular weight excluding hydrogens is 182 g/mol. The summed E-state index contributed by atoms with van der Waals surface area (Å²) in [5.74, 6) is 0.755. The molecular formula is C14H14N. The molecule has 0 heterocycles. The van der Waals surface area contributed by atoms with Crippen LogP contribution >= 0.6 is 0 Å². The second-order valence-corrected chi connectivity index (χ2v) is 4.12. The van der Waals surface area contributed by atoms with E-state index in [-0.39, 0.29) is 5.92 Å². The summed E-state index contributed by atoms with van der Waals surface area (Å²) in [5.41, 5.74) is 3.13. The van der Waals surface area contributed by atoms with E-state index in [2.05, 4.69) is 25.6 Å². The van der Waals surface area contributed by atoms with Gasteiger partial charge in [-0.15, -0.1) is 6.58 Å². The first-order valence-electron chi connectivity index (χ1n) is 5.25.